The summed E-state index contributed by atoms with van der Waals surface area (Å²) in [5, 5.41) is 9.95. The maximum Gasteiger partial charge on any atom is 0.490 e. The second-order valence-electron chi connectivity index (χ2n) is 6.08. The zero-order valence-electron chi connectivity index (χ0n) is 16.2. The molecule has 0 spiro atoms. The van der Waals surface area contributed by atoms with Crippen molar-refractivity contribution in [3.05, 3.63) is 65.8 Å². The van der Waals surface area contributed by atoms with E-state index in [-0.39, 0.29) is 5.91 Å². The first-order valence-corrected chi connectivity index (χ1v) is 8.51. The van der Waals surface area contributed by atoms with Crippen LogP contribution < -0.4 is 5.32 Å². The van der Waals surface area contributed by atoms with Crippen LogP contribution in [0.5, 0.6) is 0 Å². The molecule has 0 saturated carbocycles. The van der Waals surface area contributed by atoms with Crippen LogP contribution in [0.25, 0.3) is 5.69 Å². The molecule has 0 aliphatic carbocycles. The highest BCUT2D eigenvalue weighted by molar-refractivity contribution is 6.02. The zero-order chi connectivity index (χ0) is 22.5. The third-order valence-corrected chi connectivity index (χ3v) is 3.91. The molecule has 2 aromatic heterocycles. The Labute approximate surface area is 169 Å². The van der Waals surface area contributed by atoms with Crippen molar-refractivity contribution in [2.45, 2.75) is 26.9 Å². The van der Waals surface area contributed by atoms with Crippen molar-refractivity contribution >= 4 is 17.6 Å². The number of aromatic nitrogens is 4. The van der Waals surface area contributed by atoms with E-state index in [9.17, 15) is 18.0 Å². The number of amides is 1. The van der Waals surface area contributed by atoms with E-state index in [1.165, 1.54) is 0 Å². The largest absolute Gasteiger partial charge is 0.490 e. The van der Waals surface area contributed by atoms with Crippen molar-refractivity contribution in [3.63, 3.8) is 0 Å². The monoisotopic (exact) mass is 421 g/mol. The van der Waals surface area contributed by atoms with Crippen LogP contribution in [-0.2, 0) is 4.79 Å². The smallest absolute Gasteiger partial charge is 0.475 e. The minimum Gasteiger partial charge on any atom is -0.475 e. The molecule has 0 aliphatic rings. The standard InChI is InChI=1S/C17H17N5O.C2HF3O2/c1-11-12(2)22(10-19-11)15-6-4-14(5-7-15)21-17(23)16-8-9-18-13(3)20-16;3-2(4,5)1(6)7/h4-10H,1-3H3,(H,21,23);(H,6,7). The summed E-state index contributed by atoms with van der Waals surface area (Å²) in [6.45, 7) is 5.75. The number of carbonyl (C=O) groups is 2. The Balaban J connectivity index is 0.000000396. The van der Waals surface area contributed by atoms with Crippen molar-refractivity contribution in [3.8, 4) is 5.69 Å². The number of alkyl halides is 3. The average Bonchev–Trinajstić information content (AvgIpc) is 3.01. The van der Waals surface area contributed by atoms with E-state index in [0.29, 0.717) is 17.2 Å². The number of aliphatic carboxylic acids is 1. The van der Waals surface area contributed by atoms with Gasteiger partial charge in [-0.2, -0.15) is 13.2 Å². The van der Waals surface area contributed by atoms with Crippen LogP contribution in [0.1, 0.15) is 27.7 Å². The van der Waals surface area contributed by atoms with Crippen LogP contribution >= 0.6 is 0 Å². The fourth-order valence-electron chi connectivity index (χ4n) is 2.24. The molecule has 3 rings (SSSR count). The molecular formula is C19H18F3N5O3. The lowest BCUT2D eigenvalue weighted by Gasteiger charge is -2.08. The number of nitrogens with zero attached hydrogens (tertiary/aromatic N) is 4. The Kier molecular flexibility index (Phi) is 6.88. The Morgan fingerprint density at radius 2 is 1.63 bits per heavy atom. The quantitative estimate of drug-likeness (QED) is 0.670. The van der Waals surface area contributed by atoms with Gasteiger partial charge in [0.15, 0.2) is 0 Å². The van der Waals surface area contributed by atoms with E-state index in [2.05, 4.69) is 20.3 Å². The molecule has 2 N–H and O–H groups in total. The third kappa shape index (κ3) is 5.87. The molecule has 30 heavy (non-hydrogen) atoms. The van der Waals surface area contributed by atoms with E-state index in [0.717, 1.165) is 17.1 Å². The summed E-state index contributed by atoms with van der Waals surface area (Å²) >= 11 is 0. The highest BCUT2D eigenvalue weighted by atomic mass is 19.4. The van der Waals surface area contributed by atoms with Gasteiger partial charge in [0.25, 0.3) is 5.91 Å². The molecule has 0 bridgehead atoms. The van der Waals surface area contributed by atoms with E-state index >= 15 is 0 Å². The first-order chi connectivity index (χ1) is 14.0. The van der Waals surface area contributed by atoms with Gasteiger partial charge >= 0.3 is 12.1 Å². The lowest BCUT2D eigenvalue weighted by molar-refractivity contribution is -0.192. The zero-order valence-corrected chi connectivity index (χ0v) is 16.2. The van der Waals surface area contributed by atoms with Gasteiger partial charge in [0, 0.05) is 23.3 Å². The number of rotatable bonds is 3. The van der Waals surface area contributed by atoms with Crippen molar-refractivity contribution in [1.29, 1.82) is 0 Å². The first kappa shape index (κ1) is 22.5. The van der Waals surface area contributed by atoms with Crippen LogP contribution in [-0.4, -0.2) is 42.7 Å². The van der Waals surface area contributed by atoms with Crippen LogP contribution in [0.2, 0.25) is 0 Å². The van der Waals surface area contributed by atoms with Crippen molar-refractivity contribution in [1.82, 2.24) is 19.5 Å². The minimum absolute atomic E-state index is 0.252. The maximum atomic E-state index is 12.2. The van der Waals surface area contributed by atoms with Gasteiger partial charge in [0.1, 0.15) is 11.5 Å². The molecule has 1 aromatic carbocycles. The number of hydrogen-bond acceptors (Lipinski definition) is 5. The molecule has 2 heterocycles. The van der Waals surface area contributed by atoms with Gasteiger partial charge in [-0.15, -0.1) is 0 Å². The predicted octanol–water partition coefficient (Wildman–Crippen LogP) is 3.47. The van der Waals surface area contributed by atoms with Crippen LogP contribution in [0.3, 0.4) is 0 Å². The number of hydrogen-bond donors (Lipinski definition) is 2. The Morgan fingerprint density at radius 3 is 2.10 bits per heavy atom. The van der Waals surface area contributed by atoms with E-state index in [1.54, 1.807) is 25.5 Å². The van der Waals surface area contributed by atoms with Gasteiger partial charge in [-0.05, 0) is 51.1 Å². The fourth-order valence-corrected chi connectivity index (χ4v) is 2.24. The number of anilines is 1. The number of benzene rings is 1. The summed E-state index contributed by atoms with van der Waals surface area (Å²) in [4.78, 5) is 33.4. The molecule has 0 unspecified atom stereocenters. The summed E-state index contributed by atoms with van der Waals surface area (Å²) in [6, 6.07) is 9.18. The van der Waals surface area contributed by atoms with Crippen LogP contribution in [0.15, 0.2) is 42.9 Å². The molecule has 0 saturated heterocycles. The molecular weight excluding hydrogens is 403 g/mol. The molecule has 3 aromatic rings. The van der Waals surface area contributed by atoms with Crippen LogP contribution in [0.4, 0.5) is 18.9 Å². The van der Waals surface area contributed by atoms with Gasteiger partial charge < -0.3 is 15.0 Å². The number of halogens is 3. The van der Waals surface area contributed by atoms with Gasteiger partial charge in [-0.3, -0.25) is 4.79 Å². The topological polar surface area (TPSA) is 110 Å². The molecule has 0 aliphatic heterocycles. The second kappa shape index (κ2) is 9.16. The maximum absolute atomic E-state index is 12.2. The van der Waals surface area contributed by atoms with E-state index in [1.807, 2.05) is 42.7 Å². The average molecular weight is 421 g/mol. The van der Waals surface area contributed by atoms with Crippen molar-refractivity contribution in [2.24, 2.45) is 0 Å². The minimum atomic E-state index is -5.08. The number of imidazole rings is 1. The number of nitrogens with one attached hydrogen (secondary N) is 1. The van der Waals surface area contributed by atoms with Gasteiger partial charge in [0.2, 0.25) is 0 Å². The fraction of sp³-hybridized carbons (Fsp3) is 0.211. The van der Waals surface area contributed by atoms with Gasteiger partial charge in [-0.1, -0.05) is 0 Å². The second-order valence-corrected chi connectivity index (χ2v) is 6.08. The normalized spacial score (nSPS) is 10.7. The summed E-state index contributed by atoms with van der Waals surface area (Å²) in [5.41, 5.74) is 4.16. The summed E-state index contributed by atoms with van der Waals surface area (Å²) in [7, 11) is 0. The van der Waals surface area contributed by atoms with Crippen molar-refractivity contribution < 1.29 is 27.9 Å². The molecule has 1 amide bonds. The number of aryl methyl sites for hydroxylation is 2. The van der Waals surface area contributed by atoms with Gasteiger partial charge in [0.05, 0.1) is 12.0 Å². The summed E-state index contributed by atoms with van der Waals surface area (Å²) in [6.07, 6.45) is -1.72. The number of carboxylic acid groups (broad SMARTS) is 1. The Hall–Kier alpha value is -3.76. The highest BCUT2D eigenvalue weighted by Gasteiger charge is 2.38. The van der Waals surface area contributed by atoms with E-state index < -0.39 is 12.1 Å². The number of carboxylic acids is 1. The number of carbonyl (C=O) groups excluding carboxylic acids is 1. The molecule has 0 fully saturated rings. The SMILES string of the molecule is Cc1nccc(C(=O)Nc2ccc(-n3cnc(C)c3C)cc2)n1.O=C(O)C(F)(F)F. The van der Waals surface area contributed by atoms with E-state index in [4.69, 9.17) is 9.90 Å². The molecule has 8 nitrogen and oxygen atoms in total. The lowest BCUT2D eigenvalue weighted by atomic mass is 10.2. The van der Waals surface area contributed by atoms with Crippen molar-refractivity contribution in [2.75, 3.05) is 5.32 Å². The van der Waals surface area contributed by atoms with Crippen LogP contribution in [0, 0.1) is 20.8 Å². The molecule has 158 valence electrons. The predicted molar refractivity (Wildman–Crippen MR) is 101 cm³/mol. The molecule has 0 atom stereocenters. The Bertz CT molecular complexity index is 1050. The first-order valence-electron chi connectivity index (χ1n) is 8.51. The summed E-state index contributed by atoms with van der Waals surface area (Å²) in [5.74, 6) is -2.44. The highest BCUT2D eigenvalue weighted by Crippen LogP contribution is 2.17. The Morgan fingerprint density at radius 1 is 1.03 bits per heavy atom. The third-order valence-electron chi connectivity index (χ3n) is 3.91. The van der Waals surface area contributed by atoms with Gasteiger partial charge in [-0.25, -0.2) is 19.7 Å². The molecule has 11 heteroatoms. The lowest BCUT2D eigenvalue weighted by Crippen LogP contribution is -2.21. The summed E-state index contributed by atoms with van der Waals surface area (Å²) < 4.78 is 33.7. The molecule has 0 radical (unpaired) electrons.